The summed E-state index contributed by atoms with van der Waals surface area (Å²) in [5, 5.41) is 14.2. The number of thiophene rings is 1. The van der Waals surface area contributed by atoms with E-state index >= 15 is 0 Å². The minimum absolute atomic E-state index is 0.248. The maximum atomic E-state index is 12.8. The molecular formula is C26H20ClN3O2S. The highest BCUT2D eigenvalue weighted by molar-refractivity contribution is 7.17. The van der Waals surface area contributed by atoms with Gasteiger partial charge < -0.3 is 10.1 Å². The van der Waals surface area contributed by atoms with Crippen LogP contribution in [0.3, 0.4) is 0 Å². The summed E-state index contributed by atoms with van der Waals surface area (Å²) in [6.45, 7) is 0.642. The van der Waals surface area contributed by atoms with Crippen LogP contribution < -0.4 is 10.1 Å². The van der Waals surface area contributed by atoms with Crippen molar-refractivity contribution in [1.82, 2.24) is 10.3 Å². The van der Waals surface area contributed by atoms with Crippen molar-refractivity contribution in [2.24, 2.45) is 0 Å². The first-order valence-electron chi connectivity index (χ1n) is 10.3. The number of carbonyl (C=O) groups is 1. The van der Waals surface area contributed by atoms with Crippen molar-refractivity contribution in [3.05, 3.63) is 94.0 Å². The van der Waals surface area contributed by atoms with Crippen LogP contribution >= 0.6 is 22.9 Å². The lowest BCUT2D eigenvalue weighted by atomic mass is 10.0. The van der Waals surface area contributed by atoms with E-state index in [0.717, 1.165) is 27.0 Å². The zero-order chi connectivity index (χ0) is 23.0. The molecule has 2 aromatic heterocycles. The first kappa shape index (κ1) is 22.5. The minimum Gasteiger partial charge on any atom is -0.487 e. The fourth-order valence-corrected chi connectivity index (χ4v) is 4.05. The van der Waals surface area contributed by atoms with Crippen LogP contribution in [-0.4, -0.2) is 17.4 Å². The number of halogens is 1. The van der Waals surface area contributed by atoms with Gasteiger partial charge in [-0.2, -0.15) is 5.26 Å². The highest BCUT2D eigenvalue weighted by Gasteiger charge is 2.12. The highest BCUT2D eigenvalue weighted by atomic mass is 35.5. The number of carbonyl (C=O) groups excluding carboxylic acids is 1. The van der Waals surface area contributed by atoms with E-state index in [2.05, 4.69) is 10.3 Å². The molecule has 164 valence electrons. The van der Waals surface area contributed by atoms with Gasteiger partial charge in [-0.15, -0.1) is 11.3 Å². The summed E-state index contributed by atoms with van der Waals surface area (Å²) in [5.74, 6) is 0.434. The summed E-state index contributed by atoms with van der Waals surface area (Å²) in [6.07, 6.45) is 2.05. The molecule has 0 saturated carbocycles. The molecule has 0 atom stereocenters. The molecule has 33 heavy (non-hydrogen) atoms. The number of hydrogen-bond acceptors (Lipinski definition) is 5. The van der Waals surface area contributed by atoms with Crippen LogP contribution in [-0.2, 0) is 11.4 Å². The second-order valence-corrected chi connectivity index (χ2v) is 8.58. The Kier molecular flexibility index (Phi) is 7.36. The van der Waals surface area contributed by atoms with Gasteiger partial charge in [-0.05, 0) is 65.0 Å². The molecule has 7 heteroatoms. The van der Waals surface area contributed by atoms with Gasteiger partial charge in [0.15, 0.2) is 0 Å². The molecule has 0 saturated heterocycles. The zero-order valence-electron chi connectivity index (χ0n) is 17.6. The number of pyridine rings is 1. The van der Waals surface area contributed by atoms with Crippen LogP contribution in [0.2, 0.25) is 5.02 Å². The molecule has 0 bridgehead atoms. The van der Waals surface area contributed by atoms with Crippen LogP contribution in [0.5, 0.6) is 5.75 Å². The smallest absolute Gasteiger partial charge is 0.251 e. The van der Waals surface area contributed by atoms with E-state index in [1.807, 2.05) is 66.0 Å². The molecule has 0 radical (unpaired) electrons. The third kappa shape index (κ3) is 5.98. The summed E-state index contributed by atoms with van der Waals surface area (Å²) in [4.78, 5) is 17.4. The van der Waals surface area contributed by atoms with E-state index in [1.165, 1.54) is 0 Å². The molecule has 0 spiro atoms. The average Bonchev–Trinajstić information content (AvgIpc) is 3.31. The van der Waals surface area contributed by atoms with Crippen molar-refractivity contribution in [2.45, 2.75) is 13.0 Å². The number of nitrogens with zero attached hydrogens (tertiary/aromatic N) is 2. The Labute approximate surface area is 200 Å². The number of amides is 1. The Bertz CT molecular complexity index is 1320. The molecule has 4 rings (SSSR count). The summed E-state index contributed by atoms with van der Waals surface area (Å²) < 4.78 is 7.04. The van der Waals surface area contributed by atoms with Gasteiger partial charge >= 0.3 is 0 Å². The molecular weight excluding hydrogens is 454 g/mol. The number of hydrogen-bond donors (Lipinski definition) is 1. The summed E-state index contributed by atoms with van der Waals surface area (Å²) in [5.41, 5.74) is 3.90. The van der Waals surface area contributed by atoms with Crippen LogP contribution in [0.4, 0.5) is 0 Å². The maximum absolute atomic E-state index is 12.8. The molecule has 5 nitrogen and oxygen atoms in total. The standard InChI is InChI=1S/C26H20ClN3O2S/c27-20-6-2-18(3-7-20)16-23(26(31)29-14-1-13-28)19-4-9-22(10-5-19)32-17-21-8-11-25-24(30-21)12-15-33-25/h2-12,15-16H,1,14,17H2,(H,29,31). The van der Waals surface area contributed by atoms with Crippen molar-refractivity contribution in [2.75, 3.05) is 6.54 Å². The first-order valence-corrected chi connectivity index (χ1v) is 11.6. The second-order valence-electron chi connectivity index (χ2n) is 7.19. The van der Waals surface area contributed by atoms with Gasteiger partial charge in [0.1, 0.15) is 12.4 Å². The van der Waals surface area contributed by atoms with E-state index in [1.54, 1.807) is 29.5 Å². The predicted octanol–water partition coefficient (Wildman–Crippen LogP) is 6.10. The maximum Gasteiger partial charge on any atom is 0.251 e. The van der Waals surface area contributed by atoms with Crippen LogP contribution in [0, 0.1) is 11.3 Å². The molecule has 2 aromatic carbocycles. The van der Waals surface area contributed by atoms with E-state index in [0.29, 0.717) is 23.0 Å². The van der Waals surface area contributed by atoms with Gasteiger partial charge in [0.05, 0.1) is 28.4 Å². The number of aromatic nitrogens is 1. The Morgan fingerprint density at radius 1 is 1.09 bits per heavy atom. The normalized spacial score (nSPS) is 11.2. The third-order valence-electron chi connectivity index (χ3n) is 4.86. The van der Waals surface area contributed by atoms with Gasteiger partial charge in [0.25, 0.3) is 5.91 Å². The number of fused-ring (bicyclic) bond motifs is 1. The Hall–Kier alpha value is -3.66. The van der Waals surface area contributed by atoms with E-state index in [-0.39, 0.29) is 18.9 Å². The monoisotopic (exact) mass is 473 g/mol. The average molecular weight is 474 g/mol. The number of ether oxygens (including phenoxy) is 1. The molecule has 0 fully saturated rings. The van der Waals surface area contributed by atoms with Gasteiger partial charge in [-0.3, -0.25) is 4.79 Å². The van der Waals surface area contributed by atoms with Gasteiger partial charge in [0.2, 0.25) is 0 Å². The van der Waals surface area contributed by atoms with Crippen LogP contribution in [0.25, 0.3) is 21.9 Å². The Morgan fingerprint density at radius 3 is 2.64 bits per heavy atom. The van der Waals surface area contributed by atoms with E-state index in [4.69, 9.17) is 21.6 Å². The molecule has 1 amide bonds. The van der Waals surface area contributed by atoms with Crippen LogP contribution in [0.15, 0.2) is 72.1 Å². The number of rotatable bonds is 8. The first-order chi connectivity index (χ1) is 16.1. The Balaban J connectivity index is 1.50. The second kappa shape index (κ2) is 10.8. The number of benzene rings is 2. The molecule has 2 heterocycles. The van der Waals surface area contributed by atoms with Crippen molar-refractivity contribution >= 4 is 50.7 Å². The summed E-state index contributed by atoms with van der Waals surface area (Å²) >= 11 is 7.64. The lowest BCUT2D eigenvalue weighted by Gasteiger charge is -2.11. The van der Waals surface area contributed by atoms with Crippen molar-refractivity contribution < 1.29 is 9.53 Å². The largest absolute Gasteiger partial charge is 0.487 e. The van der Waals surface area contributed by atoms with Gasteiger partial charge in [-0.1, -0.05) is 35.9 Å². The highest BCUT2D eigenvalue weighted by Crippen LogP contribution is 2.24. The van der Waals surface area contributed by atoms with Crippen molar-refractivity contribution in [3.8, 4) is 11.8 Å². The summed E-state index contributed by atoms with van der Waals surface area (Å²) in [6, 6.07) is 22.6. The minimum atomic E-state index is -0.248. The summed E-state index contributed by atoms with van der Waals surface area (Å²) in [7, 11) is 0. The molecule has 4 aromatic rings. The lowest BCUT2D eigenvalue weighted by Crippen LogP contribution is -2.25. The number of nitrogens with one attached hydrogen (secondary N) is 1. The van der Waals surface area contributed by atoms with Crippen molar-refractivity contribution in [1.29, 1.82) is 5.26 Å². The fraction of sp³-hybridized carbons (Fsp3) is 0.115. The fourth-order valence-electron chi connectivity index (χ4n) is 3.20. The quantitative estimate of drug-likeness (QED) is 0.190. The van der Waals surface area contributed by atoms with Crippen LogP contribution in [0.1, 0.15) is 23.2 Å². The van der Waals surface area contributed by atoms with Gasteiger partial charge in [0, 0.05) is 17.1 Å². The molecule has 0 unspecified atom stereocenters. The SMILES string of the molecule is N#CCCNC(=O)C(=Cc1ccc(Cl)cc1)c1ccc(OCc2ccc3sccc3n2)cc1. The molecule has 0 aliphatic heterocycles. The molecule has 0 aliphatic carbocycles. The van der Waals surface area contributed by atoms with Crippen molar-refractivity contribution in [3.63, 3.8) is 0 Å². The number of nitriles is 1. The predicted molar refractivity (Wildman–Crippen MR) is 133 cm³/mol. The third-order valence-corrected chi connectivity index (χ3v) is 5.99. The topological polar surface area (TPSA) is 75.0 Å². The van der Waals surface area contributed by atoms with Gasteiger partial charge in [-0.25, -0.2) is 4.98 Å². The molecule has 0 aliphatic rings. The lowest BCUT2D eigenvalue weighted by molar-refractivity contribution is -0.115. The zero-order valence-corrected chi connectivity index (χ0v) is 19.2. The molecule has 1 N–H and O–H groups in total. The van der Waals surface area contributed by atoms with E-state index in [9.17, 15) is 4.79 Å². The Morgan fingerprint density at radius 2 is 1.88 bits per heavy atom. The van der Waals surface area contributed by atoms with E-state index < -0.39 is 0 Å².